The second kappa shape index (κ2) is 6.69. The third-order valence-corrected chi connectivity index (χ3v) is 5.22. The van der Waals surface area contributed by atoms with Crippen molar-refractivity contribution in [3.05, 3.63) is 58.6 Å². The molecule has 4 nitrogen and oxygen atoms in total. The maximum atomic E-state index is 12.6. The van der Waals surface area contributed by atoms with E-state index in [0.29, 0.717) is 10.8 Å². The van der Waals surface area contributed by atoms with Crippen LogP contribution in [-0.2, 0) is 10.0 Å². The van der Waals surface area contributed by atoms with Crippen LogP contribution in [0.25, 0.3) is 0 Å². The summed E-state index contributed by atoms with van der Waals surface area (Å²) in [5.41, 5.74) is 1.56. The molecule has 0 heterocycles. The van der Waals surface area contributed by atoms with Crippen molar-refractivity contribution in [2.24, 2.45) is 0 Å². The molecule has 0 bridgehead atoms. The SMILES string of the molecule is COc1ccc(C)cc1S(=O)(=O)N[C@@H](C)c1ccccc1Cl. The summed E-state index contributed by atoms with van der Waals surface area (Å²) in [6.07, 6.45) is 0. The summed E-state index contributed by atoms with van der Waals surface area (Å²) in [5, 5.41) is 0.522. The minimum Gasteiger partial charge on any atom is -0.495 e. The van der Waals surface area contributed by atoms with E-state index in [9.17, 15) is 8.42 Å². The van der Waals surface area contributed by atoms with Crippen molar-refractivity contribution in [2.75, 3.05) is 7.11 Å². The van der Waals surface area contributed by atoms with Crippen LogP contribution in [0.2, 0.25) is 5.02 Å². The summed E-state index contributed by atoms with van der Waals surface area (Å²) < 4.78 is 33.0. The Morgan fingerprint density at radius 3 is 2.50 bits per heavy atom. The largest absolute Gasteiger partial charge is 0.495 e. The lowest BCUT2D eigenvalue weighted by Gasteiger charge is -2.17. The molecule has 0 radical (unpaired) electrons. The van der Waals surface area contributed by atoms with E-state index < -0.39 is 16.1 Å². The quantitative estimate of drug-likeness (QED) is 0.903. The summed E-state index contributed by atoms with van der Waals surface area (Å²) >= 11 is 6.12. The zero-order chi connectivity index (χ0) is 16.3. The highest BCUT2D eigenvalue weighted by Crippen LogP contribution is 2.28. The fourth-order valence-electron chi connectivity index (χ4n) is 2.18. The zero-order valence-corrected chi connectivity index (χ0v) is 14.2. The maximum Gasteiger partial charge on any atom is 0.244 e. The van der Waals surface area contributed by atoms with Crippen molar-refractivity contribution in [3.8, 4) is 5.75 Å². The van der Waals surface area contributed by atoms with Gasteiger partial charge in [0, 0.05) is 11.1 Å². The topological polar surface area (TPSA) is 55.4 Å². The second-order valence-corrected chi connectivity index (χ2v) is 7.11. The lowest BCUT2D eigenvalue weighted by Crippen LogP contribution is -2.27. The minimum absolute atomic E-state index is 0.119. The summed E-state index contributed by atoms with van der Waals surface area (Å²) in [6.45, 7) is 3.58. The minimum atomic E-state index is -3.72. The molecule has 1 atom stereocenters. The number of benzene rings is 2. The van der Waals surface area contributed by atoms with Gasteiger partial charge in [-0.2, -0.15) is 0 Å². The average Bonchev–Trinajstić information content (AvgIpc) is 2.47. The van der Waals surface area contributed by atoms with Gasteiger partial charge in [-0.15, -0.1) is 0 Å². The van der Waals surface area contributed by atoms with E-state index in [1.807, 2.05) is 13.0 Å². The van der Waals surface area contributed by atoms with E-state index in [1.54, 1.807) is 43.3 Å². The Morgan fingerprint density at radius 1 is 1.18 bits per heavy atom. The highest BCUT2D eigenvalue weighted by atomic mass is 35.5. The van der Waals surface area contributed by atoms with Crippen molar-refractivity contribution in [1.29, 1.82) is 0 Å². The number of aryl methyl sites for hydroxylation is 1. The van der Waals surface area contributed by atoms with Gasteiger partial charge in [-0.3, -0.25) is 0 Å². The van der Waals surface area contributed by atoms with Gasteiger partial charge in [0.1, 0.15) is 10.6 Å². The Labute approximate surface area is 136 Å². The molecule has 0 aromatic heterocycles. The van der Waals surface area contributed by atoms with Crippen LogP contribution in [0.5, 0.6) is 5.75 Å². The summed E-state index contributed by atoms with van der Waals surface area (Å²) in [6, 6.07) is 11.7. The Kier molecular flexibility index (Phi) is 5.11. The molecule has 0 aliphatic carbocycles. The second-order valence-electron chi connectivity index (χ2n) is 5.02. The predicted octanol–water partition coefficient (Wildman–Crippen LogP) is 3.70. The molecule has 0 unspecified atom stereocenters. The third-order valence-electron chi connectivity index (χ3n) is 3.31. The number of sulfonamides is 1. The molecular weight excluding hydrogens is 322 g/mol. The number of hydrogen-bond acceptors (Lipinski definition) is 3. The summed E-state index contributed by atoms with van der Waals surface area (Å²) in [4.78, 5) is 0.119. The standard InChI is InChI=1S/C16H18ClNO3S/c1-11-8-9-15(21-3)16(10-11)22(19,20)18-12(2)13-6-4-5-7-14(13)17/h4-10,12,18H,1-3H3/t12-/m0/s1. The van der Waals surface area contributed by atoms with Crippen molar-refractivity contribution in [3.63, 3.8) is 0 Å². The van der Waals surface area contributed by atoms with Crippen molar-refractivity contribution < 1.29 is 13.2 Å². The van der Waals surface area contributed by atoms with Crippen molar-refractivity contribution in [2.45, 2.75) is 24.8 Å². The van der Waals surface area contributed by atoms with E-state index in [0.717, 1.165) is 11.1 Å². The highest BCUT2D eigenvalue weighted by Gasteiger charge is 2.23. The number of methoxy groups -OCH3 is 1. The number of hydrogen-bond donors (Lipinski definition) is 1. The molecule has 2 aromatic rings. The lowest BCUT2D eigenvalue weighted by atomic mass is 10.1. The molecule has 0 saturated heterocycles. The molecule has 0 aliphatic rings. The Balaban J connectivity index is 2.36. The van der Waals surface area contributed by atoms with Crippen LogP contribution >= 0.6 is 11.6 Å². The third kappa shape index (κ3) is 3.61. The predicted molar refractivity (Wildman–Crippen MR) is 87.9 cm³/mol. The highest BCUT2D eigenvalue weighted by molar-refractivity contribution is 7.89. The van der Waals surface area contributed by atoms with E-state index in [1.165, 1.54) is 7.11 Å². The van der Waals surface area contributed by atoms with Crippen LogP contribution in [-0.4, -0.2) is 15.5 Å². The van der Waals surface area contributed by atoms with E-state index in [-0.39, 0.29) is 4.90 Å². The zero-order valence-electron chi connectivity index (χ0n) is 12.6. The molecule has 0 spiro atoms. The molecule has 0 amide bonds. The van der Waals surface area contributed by atoms with E-state index in [4.69, 9.17) is 16.3 Å². The molecule has 0 saturated carbocycles. The van der Waals surface area contributed by atoms with Gasteiger partial charge in [0.15, 0.2) is 0 Å². The number of halogens is 1. The van der Waals surface area contributed by atoms with Crippen LogP contribution in [0.4, 0.5) is 0 Å². The smallest absolute Gasteiger partial charge is 0.244 e. The molecule has 6 heteroatoms. The Morgan fingerprint density at radius 2 is 1.86 bits per heavy atom. The van der Waals surface area contributed by atoms with Gasteiger partial charge in [-0.1, -0.05) is 35.9 Å². The van der Waals surface area contributed by atoms with Crippen LogP contribution in [0.15, 0.2) is 47.4 Å². The molecule has 0 aliphatic heterocycles. The van der Waals surface area contributed by atoms with Gasteiger partial charge in [0.05, 0.1) is 7.11 Å². The molecule has 2 rings (SSSR count). The van der Waals surface area contributed by atoms with Gasteiger partial charge in [-0.25, -0.2) is 13.1 Å². The van der Waals surface area contributed by atoms with E-state index >= 15 is 0 Å². The lowest BCUT2D eigenvalue weighted by molar-refractivity contribution is 0.402. The monoisotopic (exact) mass is 339 g/mol. The van der Waals surface area contributed by atoms with Crippen LogP contribution < -0.4 is 9.46 Å². The molecule has 118 valence electrons. The molecule has 22 heavy (non-hydrogen) atoms. The van der Waals surface area contributed by atoms with Gasteiger partial charge < -0.3 is 4.74 Å². The first-order valence-corrected chi connectivity index (χ1v) is 8.62. The normalized spacial score (nSPS) is 12.9. The van der Waals surface area contributed by atoms with Gasteiger partial charge in [0.25, 0.3) is 0 Å². The first-order valence-electron chi connectivity index (χ1n) is 6.76. The number of nitrogens with one attached hydrogen (secondary N) is 1. The summed E-state index contributed by atoms with van der Waals surface area (Å²) in [5.74, 6) is 0.310. The maximum absolute atomic E-state index is 12.6. The fourth-order valence-corrected chi connectivity index (χ4v) is 3.96. The number of rotatable bonds is 5. The Bertz CT molecular complexity index is 775. The van der Waals surface area contributed by atoms with E-state index in [2.05, 4.69) is 4.72 Å². The Hall–Kier alpha value is -1.56. The van der Waals surface area contributed by atoms with Crippen LogP contribution in [0.3, 0.4) is 0 Å². The molecule has 0 fully saturated rings. The average molecular weight is 340 g/mol. The molecular formula is C16H18ClNO3S. The molecule has 1 N–H and O–H groups in total. The van der Waals surface area contributed by atoms with Crippen LogP contribution in [0, 0.1) is 6.92 Å². The van der Waals surface area contributed by atoms with Gasteiger partial charge in [-0.05, 0) is 43.2 Å². The van der Waals surface area contributed by atoms with Gasteiger partial charge in [0.2, 0.25) is 10.0 Å². The number of ether oxygens (including phenoxy) is 1. The fraction of sp³-hybridized carbons (Fsp3) is 0.250. The molecule has 2 aromatic carbocycles. The first kappa shape index (κ1) is 16.8. The van der Waals surface area contributed by atoms with Crippen molar-refractivity contribution in [1.82, 2.24) is 4.72 Å². The van der Waals surface area contributed by atoms with Crippen molar-refractivity contribution >= 4 is 21.6 Å². The van der Waals surface area contributed by atoms with Crippen LogP contribution in [0.1, 0.15) is 24.1 Å². The van der Waals surface area contributed by atoms with Gasteiger partial charge >= 0.3 is 0 Å². The summed E-state index contributed by atoms with van der Waals surface area (Å²) in [7, 11) is -2.28. The first-order chi connectivity index (χ1) is 10.3.